The number of benzene rings is 1. The Morgan fingerprint density at radius 3 is 2.58 bits per heavy atom. The predicted molar refractivity (Wildman–Crippen MR) is 96.4 cm³/mol. The number of nitrogens with two attached hydrogens (primary N) is 1. The van der Waals surface area contributed by atoms with Crippen LogP contribution < -0.4 is 5.73 Å². The van der Waals surface area contributed by atoms with Gasteiger partial charge in [-0.05, 0) is 46.2 Å². The highest BCUT2D eigenvalue weighted by atomic mass is 79.9. The molecule has 130 valence electrons. The Kier molecular flexibility index (Phi) is 4.59. The van der Waals surface area contributed by atoms with Crippen LogP contribution in [0, 0.1) is 51.1 Å². The molecule has 2 atom stereocenters. The molecule has 5 nitrogen and oxygen atoms in total. The van der Waals surface area contributed by atoms with Gasteiger partial charge in [-0.1, -0.05) is 12.1 Å². The van der Waals surface area contributed by atoms with Gasteiger partial charge >= 0.3 is 0 Å². The number of halogens is 2. The summed E-state index contributed by atoms with van der Waals surface area (Å²) in [6.45, 7) is 1.21. The molecule has 0 bridgehead atoms. The molecule has 1 aromatic carbocycles. The summed E-state index contributed by atoms with van der Waals surface area (Å²) < 4.78 is 14.0. The van der Waals surface area contributed by atoms with E-state index in [1.54, 1.807) is 12.1 Å². The van der Waals surface area contributed by atoms with Crippen LogP contribution in [-0.2, 0) is 0 Å². The Bertz CT molecular complexity index is 946. The fraction of sp³-hybridized carbons (Fsp3) is 0.316. The second-order valence-corrected chi connectivity index (χ2v) is 7.42. The molecule has 1 aliphatic heterocycles. The van der Waals surface area contributed by atoms with Crippen molar-refractivity contribution in [3.63, 3.8) is 0 Å². The third-order valence-corrected chi connectivity index (χ3v) is 5.76. The molecule has 0 amide bonds. The molecule has 2 N–H and O–H groups in total. The molecular formula is C19H15BrFN5. The Hall–Kier alpha value is -2.66. The van der Waals surface area contributed by atoms with Crippen molar-refractivity contribution in [1.82, 2.24) is 4.90 Å². The monoisotopic (exact) mass is 411 g/mol. The van der Waals surface area contributed by atoms with Crippen LogP contribution in [0.25, 0.3) is 0 Å². The summed E-state index contributed by atoms with van der Waals surface area (Å²) in [6, 6.07) is 10.7. The summed E-state index contributed by atoms with van der Waals surface area (Å²) in [7, 11) is 1.93. The van der Waals surface area contributed by atoms with Gasteiger partial charge in [0.2, 0.25) is 0 Å². The first-order chi connectivity index (χ1) is 12.4. The SMILES string of the molecule is CN1CC=C2C(C#N)=C(N)C(C#N)(C#N)[C@@H](c3ccc(F)c(Br)c3)[C@@H]2C1. The van der Waals surface area contributed by atoms with E-state index < -0.39 is 17.2 Å². The minimum atomic E-state index is -1.69. The van der Waals surface area contributed by atoms with E-state index >= 15 is 0 Å². The molecule has 0 saturated carbocycles. The predicted octanol–water partition coefficient (Wildman–Crippen LogP) is 2.94. The molecule has 0 radical (unpaired) electrons. The molecule has 7 heteroatoms. The lowest BCUT2D eigenvalue weighted by Crippen LogP contribution is -2.47. The highest BCUT2D eigenvalue weighted by Gasteiger charge is 2.54. The summed E-state index contributed by atoms with van der Waals surface area (Å²) in [4.78, 5) is 2.05. The molecular weight excluding hydrogens is 397 g/mol. The average molecular weight is 412 g/mol. The van der Waals surface area contributed by atoms with Gasteiger partial charge in [0.25, 0.3) is 0 Å². The smallest absolute Gasteiger partial charge is 0.191 e. The van der Waals surface area contributed by atoms with Gasteiger partial charge in [0.05, 0.1) is 27.9 Å². The topological polar surface area (TPSA) is 101 Å². The third-order valence-electron chi connectivity index (χ3n) is 5.15. The van der Waals surface area contributed by atoms with Gasteiger partial charge in [-0.2, -0.15) is 15.8 Å². The van der Waals surface area contributed by atoms with E-state index in [1.807, 2.05) is 13.1 Å². The number of hydrogen-bond donors (Lipinski definition) is 1. The molecule has 0 unspecified atom stereocenters. The van der Waals surface area contributed by atoms with Gasteiger partial charge in [-0.15, -0.1) is 0 Å². The van der Waals surface area contributed by atoms with Crippen LogP contribution >= 0.6 is 15.9 Å². The van der Waals surface area contributed by atoms with Crippen LogP contribution in [0.3, 0.4) is 0 Å². The molecule has 3 rings (SSSR count). The quantitative estimate of drug-likeness (QED) is 0.765. The van der Waals surface area contributed by atoms with Crippen LogP contribution in [0.15, 0.2) is 45.6 Å². The number of allylic oxidation sites excluding steroid dienone is 2. The Morgan fingerprint density at radius 2 is 2.00 bits per heavy atom. The lowest BCUT2D eigenvalue weighted by Gasteiger charge is -2.45. The summed E-state index contributed by atoms with van der Waals surface area (Å²) >= 11 is 3.17. The van der Waals surface area contributed by atoms with Gasteiger partial charge in [-0.3, -0.25) is 0 Å². The van der Waals surface area contributed by atoms with Crippen molar-refractivity contribution < 1.29 is 4.39 Å². The van der Waals surface area contributed by atoms with E-state index in [4.69, 9.17) is 5.73 Å². The lowest BCUT2D eigenvalue weighted by molar-refractivity contribution is 0.237. The van der Waals surface area contributed by atoms with Crippen LogP contribution in [0.5, 0.6) is 0 Å². The molecule has 0 aromatic heterocycles. The van der Waals surface area contributed by atoms with Gasteiger partial charge < -0.3 is 10.6 Å². The maximum Gasteiger partial charge on any atom is 0.191 e. The summed E-state index contributed by atoms with van der Waals surface area (Å²) in [6.07, 6.45) is 1.92. The summed E-state index contributed by atoms with van der Waals surface area (Å²) in [5.74, 6) is -1.31. The molecule has 1 aromatic rings. The first-order valence-electron chi connectivity index (χ1n) is 7.96. The van der Waals surface area contributed by atoms with E-state index in [2.05, 4.69) is 39.0 Å². The number of hydrogen-bond acceptors (Lipinski definition) is 5. The van der Waals surface area contributed by atoms with Gasteiger partial charge in [-0.25, -0.2) is 4.39 Å². The molecule has 1 aliphatic carbocycles. The average Bonchev–Trinajstić information content (AvgIpc) is 2.63. The van der Waals surface area contributed by atoms with E-state index in [0.717, 1.165) is 5.57 Å². The van der Waals surface area contributed by atoms with Gasteiger partial charge in [0.15, 0.2) is 5.41 Å². The third kappa shape index (κ3) is 2.51. The standard InChI is InChI=1S/C19H15BrFN5/c1-26-5-4-12-13(7-22)18(25)19(9-23,10-24)17(14(12)8-26)11-2-3-16(21)15(20)6-11/h2-4,6,14,17H,5,8,25H2,1H3/t14-,17+/m1/s1. The number of rotatable bonds is 1. The Balaban J connectivity index is 2.34. The molecule has 1 heterocycles. The Morgan fingerprint density at radius 1 is 1.31 bits per heavy atom. The molecule has 0 saturated heterocycles. The first kappa shape index (κ1) is 18.1. The Labute approximate surface area is 159 Å². The van der Waals surface area contributed by atoms with Crippen molar-refractivity contribution >= 4 is 15.9 Å². The van der Waals surface area contributed by atoms with Crippen molar-refractivity contribution in [2.45, 2.75) is 5.92 Å². The number of nitrogens with zero attached hydrogens (tertiary/aromatic N) is 4. The zero-order chi connectivity index (χ0) is 19.1. The maximum atomic E-state index is 13.7. The minimum absolute atomic E-state index is 0.0255. The zero-order valence-corrected chi connectivity index (χ0v) is 15.6. The lowest BCUT2D eigenvalue weighted by atomic mass is 9.58. The second kappa shape index (κ2) is 6.57. The van der Waals surface area contributed by atoms with E-state index in [9.17, 15) is 20.2 Å². The van der Waals surface area contributed by atoms with Crippen molar-refractivity contribution in [2.75, 3.05) is 20.1 Å². The van der Waals surface area contributed by atoms with Crippen molar-refractivity contribution in [3.8, 4) is 18.2 Å². The van der Waals surface area contributed by atoms with Crippen LogP contribution in [-0.4, -0.2) is 25.0 Å². The van der Waals surface area contributed by atoms with Crippen LogP contribution in [0.2, 0.25) is 0 Å². The maximum absolute atomic E-state index is 13.7. The largest absolute Gasteiger partial charge is 0.399 e. The molecule has 0 fully saturated rings. The summed E-state index contributed by atoms with van der Waals surface area (Å²) in [5.41, 5.74) is 6.08. The van der Waals surface area contributed by atoms with Gasteiger partial charge in [0.1, 0.15) is 11.9 Å². The fourth-order valence-corrected chi connectivity index (χ4v) is 4.30. The normalized spacial score (nSPS) is 24.7. The van der Waals surface area contributed by atoms with Crippen molar-refractivity contribution in [1.29, 1.82) is 15.8 Å². The van der Waals surface area contributed by atoms with Crippen LogP contribution in [0.4, 0.5) is 4.39 Å². The second-order valence-electron chi connectivity index (χ2n) is 6.57. The first-order valence-corrected chi connectivity index (χ1v) is 8.75. The highest BCUT2D eigenvalue weighted by Crippen LogP contribution is 2.54. The minimum Gasteiger partial charge on any atom is -0.399 e. The van der Waals surface area contributed by atoms with E-state index in [1.165, 1.54) is 6.07 Å². The molecule has 2 aliphatic rings. The molecule has 0 spiro atoms. The van der Waals surface area contributed by atoms with Crippen molar-refractivity contribution in [2.24, 2.45) is 17.1 Å². The van der Waals surface area contributed by atoms with Gasteiger partial charge in [0, 0.05) is 24.9 Å². The number of fused-ring (bicyclic) bond motifs is 1. The fourth-order valence-electron chi connectivity index (χ4n) is 3.91. The zero-order valence-electron chi connectivity index (χ0n) is 14.0. The number of likely N-dealkylation sites (N-methyl/N-ethyl adjacent to an activating group) is 1. The molecule has 26 heavy (non-hydrogen) atoms. The van der Waals surface area contributed by atoms with Crippen molar-refractivity contribution in [3.05, 3.63) is 57.0 Å². The van der Waals surface area contributed by atoms with E-state index in [0.29, 0.717) is 18.7 Å². The highest BCUT2D eigenvalue weighted by molar-refractivity contribution is 9.10. The van der Waals surface area contributed by atoms with Crippen LogP contribution in [0.1, 0.15) is 11.5 Å². The number of nitriles is 3. The summed E-state index contributed by atoms with van der Waals surface area (Å²) in [5, 5.41) is 29.5. The van der Waals surface area contributed by atoms with E-state index in [-0.39, 0.29) is 21.7 Å².